The maximum Gasteiger partial charge on any atom is 0.311 e. The normalized spacial score (nSPS) is 32.9. The Bertz CT molecular complexity index is 839. The van der Waals surface area contributed by atoms with Crippen molar-refractivity contribution in [1.82, 2.24) is 9.80 Å². The van der Waals surface area contributed by atoms with E-state index in [1.54, 1.807) is 0 Å². The van der Waals surface area contributed by atoms with Crippen molar-refractivity contribution in [2.24, 2.45) is 11.8 Å². The molecule has 168 valence electrons. The Kier molecular flexibility index (Phi) is 5.59. The molecular weight excluding hydrogens is 410 g/mol. The van der Waals surface area contributed by atoms with Crippen LogP contribution in [0.3, 0.4) is 0 Å². The van der Waals surface area contributed by atoms with Gasteiger partial charge in [-0.3, -0.25) is 4.79 Å². The number of fused-ring (bicyclic) bond motifs is 2. The van der Waals surface area contributed by atoms with Crippen LogP contribution in [0.5, 0.6) is 0 Å². The van der Waals surface area contributed by atoms with Crippen molar-refractivity contribution in [2.45, 2.75) is 69.4 Å². The van der Waals surface area contributed by atoms with Crippen molar-refractivity contribution in [3.8, 4) is 0 Å². The van der Waals surface area contributed by atoms with E-state index in [4.69, 9.17) is 17.0 Å². The van der Waals surface area contributed by atoms with Gasteiger partial charge in [0.25, 0.3) is 0 Å². The van der Waals surface area contributed by atoms with Crippen molar-refractivity contribution < 1.29 is 14.6 Å². The van der Waals surface area contributed by atoms with Crippen LogP contribution in [-0.4, -0.2) is 70.9 Å². The summed E-state index contributed by atoms with van der Waals surface area (Å²) in [4.78, 5) is 19.3. The average molecular weight is 444 g/mol. The summed E-state index contributed by atoms with van der Waals surface area (Å²) in [6.07, 6.45) is 5.75. The van der Waals surface area contributed by atoms with E-state index < -0.39 is 12.2 Å². The van der Waals surface area contributed by atoms with Crippen LogP contribution in [0.1, 0.15) is 44.1 Å². The molecule has 2 saturated carbocycles. The molecule has 3 heterocycles. The molecule has 2 aliphatic carbocycles. The molecule has 3 aliphatic heterocycles. The average Bonchev–Trinajstić information content (AvgIpc) is 3.03. The van der Waals surface area contributed by atoms with Crippen LogP contribution in [0.2, 0.25) is 0 Å². The number of rotatable bonds is 5. The van der Waals surface area contributed by atoms with Crippen molar-refractivity contribution >= 4 is 29.0 Å². The van der Waals surface area contributed by atoms with Gasteiger partial charge in [-0.2, -0.15) is 0 Å². The van der Waals surface area contributed by atoms with E-state index in [-0.39, 0.29) is 24.0 Å². The molecule has 5 atom stereocenters. The predicted molar refractivity (Wildman–Crippen MR) is 124 cm³/mol. The van der Waals surface area contributed by atoms with Gasteiger partial charge in [0, 0.05) is 32.9 Å². The monoisotopic (exact) mass is 443 g/mol. The first-order chi connectivity index (χ1) is 14.9. The lowest BCUT2D eigenvalue weighted by Gasteiger charge is -2.49. The number of aliphatic hydroxyl groups excluding tert-OH is 1. The smallest absolute Gasteiger partial charge is 0.311 e. The van der Waals surface area contributed by atoms with Crippen molar-refractivity contribution in [2.75, 3.05) is 25.5 Å². The lowest BCUT2D eigenvalue weighted by molar-refractivity contribution is -0.199. The van der Waals surface area contributed by atoms with E-state index in [2.05, 4.69) is 39.0 Å². The molecule has 31 heavy (non-hydrogen) atoms. The first-order valence-corrected chi connectivity index (χ1v) is 12.1. The van der Waals surface area contributed by atoms with Crippen LogP contribution in [-0.2, 0) is 16.1 Å². The summed E-state index contributed by atoms with van der Waals surface area (Å²) in [5, 5.41) is 11.5. The third kappa shape index (κ3) is 3.69. The minimum absolute atomic E-state index is 0.0186. The summed E-state index contributed by atoms with van der Waals surface area (Å²) in [5.74, 6) is 0.172. The molecule has 1 aromatic carbocycles. The number of ether oxygens (including phenoxy) is 1. The highest BCUT2D eigenvalue weighted by Gasteiger charge is 2.62. The highest BCUT2D eigenvalue weighted by Crippen LogP contribution is 2.45. The number of nitrogens with zero attached hydrogens (tertiary/aromatic N) is 3. The van der Waals surface area contributed by atoms with E-state index in [1.165, 1.54) is 37.7 Å². The first-order valence-electron chi connectivity index (χ1n) is 11.7. The van der Waals surface area contributed by atoms with Gasteiger partial charge in [-0.1, -0.05) is 31.4 Å². The van der Waals surface area contributed by atoms with Gasteiger partial charge in [0.05, 0.1) is 24.1 Å². The second kappa shape index (κ2) is 8.24. The molecular formula is C24H33N3O3S. The summed E-state index contributed by atoms with van der Waals surface area (Å²) < 4.78 is 5.69. The zero-order chi connectivity index (χ0) is 21.7. The fourth-order valence-corrected chi connectivity index (χ4v) is 6.48. The number of thiocarbonyl (C=S) groups is 1. The number of benzene rings is 1. The topological polar surface area (TPSA) is 56.2 Å². The lowest BCUT2D eigenvalue weighted by Crippen LogP contribution is -2.66. The SMILES string of the molecule is CN(C)c1ccc(CN2C(=S)N(CC3CCCCC3)[C@H]3[C@H]2[C@H]2OC(=O)[C@H]3C[C@H]2O)cc1. The summed E-state index contributed by atoms with van der Waals surface area (Å²) in [6.45, 7) is 1.59. The molecule has 0 radical (unpaired) electrons. The second-order valence-electron chi connectivity index (χ2n) is 9.92. The van der Waals surface area contributed by atoms with Gasteiger partial charge in [-0.25, -0.2) is 0 Å². The fourth-order valence-electron chi connectivity index (χ4n) is 6.10. The fraction of sp³-hybridized carbons (Fsp3) is 0.667. The molecule has 6 nitrogen and oxygen atoms in total. The van der Waals surface area contributed by atoms with Crippen LogP contribution in [0.15, 0.2) is 24.3 Å². The highest BCUT2D eigenvalue weighted by atomic mass is 32.1. The number of anilines is 1. The second-order valence-corrected chi connectivity index (χ2v) is 10.3. The predicted octanol–water partition coefficient (Wildman–Crippen LogP) is 2.78. The van der Waals surface area contributed by atoms with Crippen molar-refractivity contribution in [3.63, 3.8) is 0 Å². The van der Waals surface area contributed by atoms with Crippen LogP contribution >= 0.6 is 12.2 Å². The van der Waals surface area contributed by atoms with Crippen LogP contribution in [0.4, 0.5) is 5.69 Å². The Morgan fingerprint density at radius 1 is 1.10 bits per heavy atom. The molecule has 1 N–H and O–H groups in total. The van der Waals surface area contributed by atoms with E-state index in [9.17, 15) is 9.90 Å². The van der Waals surface area contributed by atoms with Crippen molar-refractivity contribution in [1.29, 1.82) is 0 Å². The Labute approximate surface area is 190 Å². The zero-order valence-electron chi connectivity index (χ0n) is 18.4. The molecule has 7 heteroatoms. The third-order valence-electron chi connectivity index (χ3n) is 7.72. The molecule has 0 amide bonds. The quantitative estimate of drug-likeness (QED) is 0.555. The summed E-state index contributed by atoms with van der Waals surface area (Å²) in [7, 11) is 4.07. The molecule has 3 saturated heterocycles. The summed E-state index contributed by atoms with van der Waals surface area (Å²) >= 11 is 6.02. The minimum Gasteiger partial charge on any atom is -0.457 e. The van der Waals surface area contributed by atoms with Crippen molar-refractivity contribution in [3.05, 3.63) is 29.8 Å². The van der Waals surface area contributed by atoms with Gasteiger partial charge >= 0.3 is 5.97 Å². The number of carbonyl (C=O) groups excluding carboxylic acids is 1. The summed E-state index contributed by atoms with van der Waals surface area (Å²) in [6, 6.07) is 8.46. The standard InChI is InChI=1S/C24H33N3O3S/c1-25(2)17-10-8-16(9-11-17)14-27-21-20(18-12-19(28)22(21)30-23(18)29)26(24(27)31)13-15-6-4-3-5-7-15/h8-11,15,18-22,28H,3-7,12-14H2,1-2H3/t18-,19+,20+,21-,22-/m0/s1. The molecule has 0 unspecified atom stereocenters. The summed E-state index contributed by atoms with van der Waals surface area (Å²) in [5.41, 5.74) is 2.33. The number of hydrogen-bond acceptors (Lipinski definition) is 5. The molecule has 6 rings (SSSR count). The Balaban J connectivity index is 1.43. The molecule has 0 aromatic heterocycles. The van der Waals surface area contributed by atoms with E-state index in [0.29, 0.717) is 18.9 Å². The maximum atomic E-state index is 12.6. The van der Waals surface area contributed by atoms with Gasteiger partial charge in [-0.05, 0) is 55.1 Å². The Morgan fingerprint density at radius 3 is 2.48 bits per heavy atom. The van der Waals surface area contributed by atoms with Crippen LogP contribution < -0.4 is 4.90 Å². The minimum atomic E-state index is -0.611. The van der Waals surface area contributed by atoms with Gasteiger partial charge in [0.1, 0.15) is 6.10 Å². The van der Waals surface area contributed by atoms with Gasteiger partial charge in [-0.15, -0.1) is 0 Å². The maximum absolute atomic E-state index is 12.6. The number of aliphatic hydroxyl groups is 1. The molecule has 0 spiro atoms. The third-order valence-corrected chi connectivity index (χ3v) is 8.19. The molecule has 2 bridgehead atoms. The van der Waals surface area contributed by atoms with E-state index in [0.717, 1.165) is 17.3 Å². The van der Waals surface area contributed by atoms with Gasteiger partial charge in [0.15, 0.2) is 5.11 Å². The molecule has 5 fully saturated rings. The largest absolute Gasteiger partial charge is 0.457 e. The molecule has 1 aromatic rings. The zero-order valence-corrected chi connectivity index (χ0v) is 19.3. The van der Waals surface area contributed by atoms with E-state index in [1.807, 2.05) is 14.1 Å². The number of carbonyl (C=O) groups is 1. The van der Waals surface area contributed by atoms with Crippen LogP contribution in [0, 0.1) is 11.8 Å². The van der Waals surface area contributed by atoms with Gasteiger partial charge < -0.3 is 24.5 Å². The first kappa shape index (κ1) is 21.0. The molecule has 5 aliphatic rings. The van der Waals surface area contributed by atoms with Crippen LogP contribution in [0.25, 0.3) is 0 Å². The number of esters is 1. The number of hydrogen-bond donors (Lipinski definition) is 1. The Hall–Kier alpha value is -1.86. The highest BCUT2D eigenvalue weighted by molar-refractivity contribution is 7.80. The van der Waals surface area contributed by atoms with Gasteiger partial charge in [0.2, 0.25) is 0 Å². The Morgan fingerprint density at radius 2 is 1.81 bits per heavy atom. The van der Waals surface area contributed by atoms with E-state index >= 15 is 0 Å². The lowest BCUT2D eigenvalue weighted by atomic mass is 9.74.